The van der Waals surface area contributed by atoms with E-state index in [1.807, 2.05) is 72.8 Å². The maximum Gasteiger partial charge on any atom is 0.449 e. The summed E-state index contributed by atoms with van der Waals surface area (Å²) in [4.78, 5) is 7.63. The summed E-state index contributed by atoms with van der Waals surface area (Å²) in [6.07, 6.45) is -9.39. The molecule has 0 radical (unpaired) electrons. The molecule has 1 N–H and O–H groups in total. The number of methoxy groups -OCH3 is 1. The molecule has 366 valence electrons. The molecule has 71 heavy (non-hydrogen) atoms. The van der Waals surface area contributed by atoms with Crippen molar-refractivity contribution in [2.45, 2.75) is 45.3 Å². The average molecular weight is 1050 g/mol. The van der Waals surface area contributed by atoms with Crippen molar-refractivity contribution in [1.82, 2.24) is 19.1 Å². The lowest BCUT2D eigenvalue weighted by atomic mass is 10.2. The van der Waals surface area contributed by atoms with Crippen molar-refractivity contribution in [1.29, 1.82) is 0 Å². The molecule has 0 fully saturated rings. The summed E-state index contributed by atoms with van der Waals surface area (Å²) in [6.45, 7) is 0.238. The zero-order valence-corrected chi connectivity index (χ0v) is 40.1. The second kappa shape index (κ2) is 21.7. The number of benzene rings is 7. The maximum atomic E-state index is 14.1. The van der Waals surface area contributed by atoms with Crippen LogP contribution in [-0.4, -0.2) is 31.3 Å². The van der Waals surface area contributed by atoms with Crippen molar-refractivity contribution >= 4 is 68.5 Å². The van der Waals surface area contributed by atoms with Crippen LogP contribution in [0.15, 0.2) is 146 Å². The first-order chi connectivity index (χ1) is 33.9. The zero-order chi connectivity index (χ0) is 50.5. The minimum atomic E-state index is -4.70. The summed E-state index contributed by atoms with van der Waals surface area (Å²) < 4.78 is 108. The predicted octanol–water partition coefficient (Wildman–Crippen LogP) is 15.3. The molecule has 9 aromatic rings. The first-order valence-electron chi connectivity index (χ1n) is 21.3. The smallest absolute Gasteiger partial charge is 0.449 e. The van der Waals surface area contributed by atoms with E-state index in [9.17, 15) is 31.4 Å². The molecule has 0 unspecified atom stereocenters. The minimum Gasteiger partial charge on any atom is -0.506 e. The number of ether oxygens (including phenoxy) is 4. The van der Waals surface area contributed by atoms with Gasteiger partial charge in [-0.25, -0.2) is 9.97 Å². The summed E-state index contributed by atoms with van der Waals surface area (Å²) in [5, 5.41) is 10.4. The van der Waals surface area contributed by atoms with Crippen molar-refractivity contribution in [3.8, 4) is 28.7 Å². The van der Waals surface area contributed by atoms with Gasteiger partial charge in [0.2, 0.25) is 11.6 Å². The highest BCUT2D eigenvalue weighted by molar-refractivity contribution is 6.36. The van der Waals surface area contributed by atoms with E-state index in [0.717, 1.165) is 25.8 Å². The normalized spacial score (nSPS) is 11.6. The Bertz CT molecular complexity index is 3300. The second-order valence-corrected chi connectivity index (χ2v) is 17.4. The van der Waals surface area contributed by atoms with Gasteiger partial charge in [0, 0.05) is 22.2 Å². The molecule has 0 atom stereocenters. The Kier molecular flexibility index (Phi) is 15.5. The summed E-state index contributed by atoms with van der Waals surface area (Å²) in [5.41, 5.74) is 4.19. The van der Waals surface area contributed by atoms with Gasteiger partial charge in [0.25, 0.3) is 0 Å². The molecule has 0 amide bonds. The number of imidazole rings is 2. The van der Waals surface area contributed by atoms with E-state index in [-0.39, 0.29) is 86.4 Å². The Morgan fingerprint density at radius 3 is 1.37 bits per heavy atom. The lowest BCUT2D eigenvalue weighted by Gasteiger charge is -2.15. The van der Waals surface area contributed by atoms with Gasteiger partial charge in [-0.3, -0.25) is 0 Å². The summed E-state index contributed by atoms with van der Waals surface area (Å²) in [6, 6.07) is 40.9. The third kappa shape index (κ3) is 12.4. The number of phenols is 1. The number of aromatic hydroxyl groups is 1. The highest BCUT2D eigenvalue weighted by atomic mass is 35.5. The molecule has 9 rings (SSSR count). The van der Waals surface area contributed by atoms with Crippen molar-refractivity contribution in [2.75, 3.05) is 7.11 Å². The van der Waals surface area contributed by atoms with E-state index in [4.69, 9.17) is 65.4 Å². The molecule has 0 saturated carbocycles. The first-order valence-corrected chi connectivity index (χ1v) is 22.8. The first kappa shape index (κ1) is 50.6. The van der Waals surface area contributed by atoms with Gasteiger partial charge in [-0.2, -0.15) is 26.3 Å². The van der Waals surface area contributed by atoms with Gasteiger partial charge < -0.3 is 33.2 Å². The van der Waals surface area contributed by atoms with Gasteiger partial charge >= 0.3 is 12.4 Å². The van der Waals surface area contributed by atoms with Crippen LogP contribution in [0.1, 0.15) is 39.5 Å². The molecule has 19 heteroatoms. The standard InChI is InChI=1S/C30H23Cl2F3N2O3.C22H15Cl2F3N2O2/c1-38-22-9-7-20(8-10-22)18-40-28-13-21(24(31)15-25(28)32)16-37-27-14-23(39-17-19-5-3-2-4-6-19)11-12-26(27)36-29(37)30(33,34)35;23-16-10-17(24)20(30)8-14(16)11-29-19-9-15(31-12-13-4-2-1-3-5-13)6-7-18(19)28-21(29)22(25,26)27/h2-15H,16-18H2,1H3;1-10,30H,11-12H2. The monoisotopic (exact) mass is 1050 g/mol. The number of alkyl halides is 6. The van der Waals surface area contributed by atoms with E-state index < -0.39 is 24.0 Å². The van der Waals surface area contributed by atoms with Crippen LogP contribution < -0.4 is 18.9 Å². The fraction of sp³-hybridized carbons (Fsp3) is 0.154. The van der Waals surface area contributed by atoms with Crippen LogP contribution >= 0.6 is 46.4 Å². The van der Waals surface area contributed by atoms with Crippen molar-refractivity contribution < 1.29 is 50.4 Å². The topological polar surface area (TPSA) is 92.8 Å². The molecule has 0 saturated heterocycles. The molecule has 0 bridgehead atoms. The number of nitrogens with zero attached hydrogens (tertiary/aromatic N) is 4. The summed E-state index contributed by atoms with van der Waals surface area (Å²) >= 11 is 24.8. The largest absolute Gasteiger partial charge is 0.506 e. The van der Waals surface area contributed by atoms with Gasteiger partial charge in [-0.1, -0.05) is 119 Å². The summed E-state index contributed by atoms with van der Waals surface area (Å²) in [5.74, 6) is -0.583. The maximum absolute atomic E-state index is 14.1. The van der Waals surface area contributed by atoms with Crippen LogP contribution in [0.4, 0.5) is 26.3 Å². The molecule has 9 nitrogen and oxygen atoms in total. The highest BCUT2D eigenvalue weighted by Crippen LogP contribution is 2.39. The van der Waals surface area contributed by atoms with Gasteiger partial charge in [0.05, 0.1) is 52.3 Å². The van der Waals surface area contributed by atoms with Gasteiger partial charge in [0.1, 0.15) is 48.6 Å². The van der Waals surface area contributed by atoms with E-state index in [2.05, 4.69) is 9.97 Å². The predicted molar refractivity (Wildman–Crippen MR) is 261 cm³/mol. The van der Waals surface area contributed by atoms with Gasteiger partial charge in [0.15, 0.2) is 0 Å². The van der Waals surface area contributed by atoms with Crippen LogP contribution in [0.3, 0.4) is 0 Å². The van der Waals surface area contributed by atoms with Crippen molar-refractivity contribution in [2.24, 2.45) is 0 Å². The van der Waals surface area contributed by atoms with Crippen molar-refractivity contribution in [3.05, 3.63) is 205 Å². The molecule has 0 aliphatic heterocycles. The number of fused-ring (bicyclic) bond motifs is 2. The van der Waals surface area contributed by atoms with E-state index in [1.165, 1.54) is 36.4 Å². The van der Waals surface area contributed by atoms with Crippen LogP contribution in [-0.2, 0) is 45.3 Å². The molecule has 2 heterocycles. The number of hydrogen-bond donors (Lipinski definition) is 1. The number of phenolic OH excluding ortho intramolecular Hbond substituents is 1. The van der Waals surface area contributed by atoms with Crippen LogP contribution in [0.5, 0.6) is 28.7 Å². The summed E-state index contributed by atoms with van der Waals surface area (Å²) in [7, 11) is 1.58. The zero-order valence-electron chi connectivity index (χ0n) is 37.0. The van der Waals surface area contributed by atoms with Gasteiger partial charge in [-0.15, -0.1) is 0 Å². The molecule has 2 aromatic heterocycles. The van der Waals surface area contributed by atoms with Gasteiger partial charge in [-0.05, 0) is 88.5 Å². The molecular formula is C52H38Cl4F6N4O5. The minimum absolute atomic E-state index is 0.0110. The Balaban J connectivity index is 0.000000197. The Morgan fingerprint density at radius 1 is 0.479 bits per heavy atom. The van der Waals surface area contributed by atoms with E-state index >= 15 is 0 Å². The Labute approximate surface area is 422 Å². The average Bonchev–Trinajstić information content (AvgIpc) is 3.91. The quantitative estimate of drug-likeness (QED) is 0.108. The Hall–Kier alpha value is -6.78. The van der Waals surface area contributed by atoms with E-state index in [0.29, 0.717) is 28.6 Å². The fourth-order valence-corrected chi connectivity index (χ4v) is 8.29. The number of hydrogen-bond acceptors (Lipinski definition) is 7. The van der Waals surface area contributed by atoms with Crippen LogP contribution in [0.25, 0.3) is 22.1 Å². The van der Waals surface area contributed by atoms with Crippen LogP contribution in [0.2, 0.25) is 20.1 Å². The lowest BCUT2D eigenvalue weighted by Crippen LogP contribution is -2.16. The SMILES string of the molecule is COc1ccc(COc2cc(Cn3c(C(F)(F)F)nc4ccc(OCc5ccccc5)cc43)c(Cl)cc2Cl)cc1.Oc1cc(Cn2c(C(F)(F)F)nc3ccc(OCc4ccccc4)cc32)c(Cl)cc1Cl. The van der Waals surface area contributed by atoms with Crippen LogP contribution in [0, 0.1) is 0 Å². The third-order valence-electron chi connectivity index (χ3n) is 10.9. The highest BCUT2D eigenvalue weighted by Gasteiger charge is 2.39. The lowest BCUT2D eigenvalue weighted by molar-refractivity contribution is -0.147. The molecule has 0 aliphatic carbocycles. The van der Waals surface area contributed by atoms with E-state index in [1.54, 1.807) is 43.5 Å². The fourth-order valence-electron chi connectivity index (χ4n) is 7.35. The third-order valence-corrected chi connectivity index (χ3v) is 12.2. The Morgan fingerprint density at radius 2 is 0.901 bits per heavy atom. The number of halogens is 10. The molecule has 0 spiro atoms. The van der Waals surface area contributed by atoms with Crippen molar-refractivity contribution in [3.63, 3.8) is 0 Å². The number of aromatic nitrogens is 4. The number of rotatable bonds is 14. The second-order valence-electron chi connectivity index (χ2n) is 15.8. The molecule has 0 aliphatic rings. The molecule has 7 aromatic carbocycles. The molecular weight excluding hydrogens is 1020 g/mol.